The zero-order chi connectivity index (χ0) is 24.9. The average molecular weight is 488 g/mol. The Morgan fingerprint density at radius 2 is 1.97 bits per heavy atom. The molecule has 4 rings (SSSR count). The topological polar surface area (TPSA) is 107 Å². The van der Waals surface area contributed by atoms with E-state index in [9.17, 15) is 18.4 Å². The lowest BCUT2D eigenvalue weighted by atomic mass is 10.2. The standard InChI is InChI=1S/C23H27F2N7O3/c1-27-13-17-15-32(23(34)35-17)16-11-18(24)22(19(25)12-16)31-9-7-30(8-10-31)21(33)3-2-5-29-6-4-28-14-20(29)26/h2,4-6,11-12,14,17,26-27H,3,7-10,13,15H2,1H3/b5-2+,26-20?. The lowest BCUT2D eigenvalue weighted by Crippen LogP contribution is -2.49. The maximum atomic E-state index is 15.0. The molecule has 10 nitrogen and oxygen atoms in total. The summed E-state index contributed by atoms with van der Waals surface area (Å²) in [6, 6.07) is 2.28. The van der Waals surface area contributed by atoms with E-state index in [1.54, 1.807) is 41.5 Å². The van der Waals surface area contributed by atoms with Crippen molar-refractivity contribution in [1.29, 1.82) is 5.41 Å². The van der Waals surface area contributed by atoms with Crippen molar-refractivity contribution in [2.45, 2.75) is 12.5 Å². The fourth-order valence-electron chi connectivity index (χ4n) is 4.15. The summed E-state index contributed by atoms with van der Waals surface area (Å²) in [5.41, 5.74) is 0.132. The van der Waals surface area contributed by atoms with Gasteiger partial charge in [0.05, 0.1) is 18.4 Å². The number of ether oxygens (including phenoxy) is 1. The van der Waals surface area contributed by atoms with Crippen LogP contribution < -0.4 is 20.6 Å². The molecule has 35 heavy (non-hydrogen) atoms. The lowest BCUT2D eigenvalue weighted by molar-refractivity contribution is -0.130. The molecular formula is C23H27F2N7O3. The molecule has 12 heteroatoms. The zero-order valence-electron chi connectivity index (χ0n) is 19.3. The summed E-state index contributed by atoms with van der Waals surface area (Å²) in [6.07, 6.45) is 6.96. The SMILES string of the molecule is CNCC1CN(c2cc(F)c(N3CCN(C(=O)C/C=C/n4ccncc4=N)CC3)c(F)c2)C(=O)O1. The van der Waals surface area contributed by atoms with E-state index in [2.05, 4.69) is 10.3 Å². The third kappa shape index (κ3) is 5.48. The van der Waals surface area contributed by atoms with Crippen molar-refractivity contribution in [3.05, 3.63) is 53.9 Å². The van der Waals surface area contributed by atoms with Crippen molar-refractivity contribution in [2.24, 2.45) is 0 Å². The number of nitrogens with one attached hydrogen (secondary N) is 2. The molecule has 1 aromatic heterocycles. The van der Waals surface area contributed by atoms with E-state index >= 15 is 0 Å². The molecule has 2 N–H and O–H groups in total. The maximum Gasteiger partial charge on any atom is 0.414 e. The van der Waals surface area contributed by atoms with Crippen LogP contribution in [0.1, 0.15) is 6.42 Å². The number of cyclic esters (lactones) is 1. The fourth-order valence-corrected chi connectivity index (χ4v) is 4.15. The van der Waals surface area contributed by atoms with Crippen molar-refractivity contribution in [3.63, 3.8) is 0 Å². The van der Waals surface area contributed by atoms with Gasteiger partial charge in [-0.2, -0.15) is 0 Å². The second kappa shape index (κ2) is 10.6. The Bertz CT molecular complexity index is 1150. The molecule has 2 aromatic rings. The molecule has 2 amide bonds. The van der Waals surface area contributed by atoms with E-state index in [1.165, 1.54) is 15.7 Å². The maximum absolute atomic E-state index is 15.0. The number of benzene rings is 1. The average Bonchev–Trinajstić information content (AvgIpc) is 3.20. The van der Waals surface area contributed by atoms with Crippen LogP contribution in [0.15, 0.2) is 36.8 Å². The first kappa shape index (κ1) is 24.3. The van der Waals surface area contributed by atoms with E-state index in [4.69, 9.17) is 10.1 Å². The summed E-state index contributed by atoms with van der Waals surface area (Å²) in [7, 11) is 1.73. The molecule has 2 saturated heterocycles. The van der Waals surface area contributed by atoms with Crippen LogP contribution >= 0.6 is 0 Å². The first-order valence-electron chi connectivity index (χ1n) is 11.2. The highest BCUT2D eigenvalue weighted by Gasteiger charge is 2.33. The molecule has 3 heterocycles. The highest BCUT2D eigenvalue weighted by atomic mass is 19.1. The van der Waals surface area contributed by atoms with Crippen LogP contribution in [0.2, 0.25) is 0 Å². The summed E-state index contributed by atoms with van der Waals surface area (Å²) in [5, 5.41) is 10.7. The van der Waals surface area contributed by atoms with Gasteiger partial charge in [0.25, 0.3) is 0 Å². The van der Waals surface area contributed by atoms with E-state index in [-0.39, 0.29) is 48.8 Å². The molecule has 0 bridgehead atoms. The van der Waals surface area contributed by atoms with Gasteiger partial charge in [-0.3, -0.25) is 20.1 Å². The number of carbonyl (C=O) groups excluding carboxylic acids is 2. The minimum atomic E-state index is -0.770. The molecule has 0 spiro atoms. The molecule has 1 atom stereocenters. The molecule has 0 saturated carbocycles. The number of halogens is 2. The Morgan fingerprint density at radius 3 is 2.63 bits per heavy atom. The molecular weight excluding hydrogens is 460 g/mol. The van der Waals surface area contributed by atoms with Crippen molar-refractivity contribution in [2.75, 3.05) is 56.1 Å². The summed E-state index contributed by atoms with van der Waals surface area (Å²) < 4.78 is 36.6. The largest absolute Gasteiger partial charge is 0.443 e. The second-order valence-electron chi connectivity index (χ2n) is 8.26. The summed E-state index contributed by atoms with van der Waals surface area (Å²) in [6.45, 7) is 1.84. The first-order chi connectivity index (χ1) is 16.9. The van der Waals surface area contributed by atoms with Crippen molar-refractivity contribution >= 4 is 29.6 Å². The van der Waals surface area contributed by atoms with E-state index < -0.39 is 23.8 Å². The van der Waals surface area contributed by atoms with Gasteiger partial charge in [-0.05, 0) is 7.05 Å². The molecule has 0 aliphatic carbocycles. The molecule has 2 aliphatic heterocycles. The Balaban J connectivity index is 1.36. The van der Waals surface area contributed by atoms with Crippen LogP contribution in [0.25, 0.3) is 6.20 Å². The molecule has 1 unspecified atom stereocenters. The molecule has 1 aromatic carbocycles. The predicted molar refractivity (Wildman–Crippen MR) is 125 cm³/mol. The summed E-state index contributed by atoms with van der Waals surface area (Å²) in [4.78, 5) is 32.9. The van der Waals surface area contributed by atoms with Gasteiger partial charge in [-0.1, -0.05) is 6.08 Å². The van der Waals surface area contributed by atoms with E-state index in [0.29, 0.717) is 19.6 Å². The van der Waals surface area contributed by atoms with Crippen LogP contribution in [-0.2, 0) is 9.53 Å². The predicted octanol–water partition coefficient (Wildman–Crippen LogP) is 1.39. The van der Waals surface area contributed by atoms with E-state index in [1.807, 2.05) is 0 Å². The van der Waals surface area contributed by atoms with Crippen LogP contribution in [0.5, 0.6) is 0 Å². The molecule has 2 aliphatic rings. The Labute approximate surface area is 200 Å². The molecule has 186 valence electrons. The van der Waals surface area contributed by atoms with Crippen molar-refractivity contribution < 1.29 is 23.1 Å². The molecule has 2 fully saturated rings. The Morgan fingerprint density at radius 1 is 1.26 bits per heavy atom. The Kier molecular flexibility index (Phi) is 7.39. The quantitative estimate of drug-likeness (QED) is 0.612. The highest BCUT2D eigenvalue weighted by Crippen LogP contribution is 2.31. The number of anilines is 2. The minimum Gasteiger partial charge on any atom is -0.443 e. The number of nitrogens with zero attached hydrogens (tertiary/aromatic N) is 5. The number of rotatable bonds is 7. The highest BCUT2D eigenvalue weighted by molar-refractivity contribution is 5.90. The monoisotopic (exact) mass is 487 g/mol. The fraction of sp³-hybridized carbons (Fsp3) is 0.391. The van der Waals surface area contributed by atoms with Gasteiger partial charge in [-0.15, -0.1) is 0 Å². The van der Waals surface area contributed by atoms with Crippen LogP contribution in [0, 0.1) is 17.0 Å². The first-order valence-corrected chi connectivity index (χ1v) is 11.2. The third-order valence-electron chi connectivity index (χ3n) is 5.91. The van der Waals surface area contributed by atoms with Gasteiger partial charge in [0.2, 0.25) is 5.91 Å². The zero-order valence-corrected chi connectivity index (χ0v) is 19.3. The smallest absolute Gasteiger partial charge is 0.414 e. The van der Waals surface area contributed by atoms with Gasteiger partial charge in [0.15, 0.2) is 11.6 Å². The van der Waals surface area contributed by atoms with Crippen LogP contribution in [0.3, 0.4) is 0 Å². The van der Waals surface area contributed by atoms with Gasteiger partial charge >= 0.3 is 6.09 Å². The van der Waals surface area contributed by atoms with Crippen LogP contribution in [0.4, 0.5) is 25.0 Å². The number of carbonyl (C=O) groups is 2. The normalized spacial score (nSPS) is 18.4. The van der Waals surface area contributed by atoms with Gasteiger partial charge < -0.3 is 24.4 Å². The van der Waals surface area contributed by atoms with Gasteiger partial charge in [0.1, 0.15) is 17.3 Å². The van der Waals surface area contributed by atoms with Gasteiger partial charge in [-0.25, -0.2) is 13.6 Å². The van der Waals surface area contributed by atoms with E-state index in [0.717, 1.165) is 12.1 Å². The van der Waals surface area contributed by atoms with Crippen molar-refractivity contribution in [3.8, 4) is 0 Å². The number of piperazine rings is 1. The van der Waals surface area contributed by atoms with Crippen LogP contribution in [-0.4, -0.2) is 78.9 Å². The summed E-state index contributed by atoms with van der Waals surface area (Å²) >= 11 is 0. The van der Waals surface area contributed by atoms with Gasteiger partial charge in [0, 0.05) is 69.9 Å². The number of hydrogen-bond donors (Lipinski definition) is 2. The number of aromatic nitrogens is 2. The molecule has 0 radical (unpaired) electrons. The second-order valence-corrected chi connectivity index (χ2v) is 8.26. The number of amides is 2. The minimum absolute atomic E-state index is 0.107. The summed E-state index contributed by atoms with van der Waals surface area (Å²) in [5.74, 6) is -1.65. The number of hydrogen-bond acceptors (Lipinski definition) is 7. The van der Waals surface area contributed by atoms with Crippen molar-refractivity contribution in [1.82, 2.24) is 19.8 Å². The number of likely N-dealkylation sites (N-methyl/N-ethyl adjacent to an activating group) is 1. The Hall–Kier alpha value is -3.80. The third-order valence-corrected chi connectivity index (χ3v) is 5.91. The lowest BCUT2D eigenvalue weighted by Gasteiger charge is -2.36.